The third-order valence-corrected chi connectivity index (χ3v) is 4.01. The van der Waals surface area contributed by atoms with E-state index < -0.39 is 0 Å². The van der Waals surface area contributed by atoms with Crippen molar-refractivity contribution in [3.63, 3.8) is 0 Å². The normalized spacial score (nSPS) is 14.7. The van der Waals surface area contributed by atoms with Crippen LogP contribution in [0.3, 0.4) is 0 Å². The van der Waals surface area contributed by atoms with Gasteiger partial charge in [-0.3, -0.25) is 0 Å². The maximum atomic E-state index is 4.78. The second-order valence-electron chi connectivity index (χ2n) is 7.65. The van der Waals surface area contributed by atoms with E-state index in [0.29, 0.717) is 5.92 Å². The lowest BCUT2D eigenvalue weighted by Crippen LogP contribution is -2.37. The SMILES string of the molecule is CC(CCNC(C)(C)C)Cc1nc(C(C)(C)C)cs1. The van der Waals surface area contributed by atoms with Gasteiger partial charge in [-0.25, -0.2) is 4.98 Å². The van der Waals surface area contributed by atoms with E-state index in [0.717, 1.165) is 13.0 Å². The lowest BCUT2D eigenvalue weighted by atomic mass is 9.93. The number of hydrogen-bond donors (Lipinski definition) is 1. The van der Waals surface area contributed by atoms with Gasteiger partial charge in [0.25, 0.3) is 0 Å². The van der Waals surface area contributed by atoms with Crippen LogP contribution < -0.4 is 5.32 Å². The van der Waals surface area contributed by atoms with Crippen LogP contribution in [-0.2, 0) is 11.8 Å². The van der Waals surface area contributed by atoms with E-state index in [1.54, 1.807) is 0 Å². The molecule has 0 amide bonds. The van der Waals surface area contributed by atoms with Crippen molar-refractivity contribution in [2.45, 2.75) is 72.3 Å². The van der Waals surface area contributed by atoms with Crippen molar-refractivity contribution in [3.8, 4) is 0 Å². The second-order valence-corrected chi connectivity index (χ2v) is 8.59. The fourth-order valence-electron chi connectivity index (χ4n) is 1.84. The van der Waals surface area contributed by atoms with Gasteiger partial charge in [-0.2, -0.15) is 0 Å². The Morgan fingerprint density at radius 3 is 2.32 bits per heavy atom. The van der Waals surface area contributed by atoms with Crippen LogP contribution in [0.5, 0.6) is 0 Å². The molecule has 1 unspecified atom stereocenters. The first-order valence-electron chi connectivity index (χ1n) is 7.28. The summed E-state index contributed by atoms with van der Waals surface area (Å²) < 4.78 is 0. The molecule has 0 aliphatic rings. The number of rotatable bonds is 5. The number of nitrogens with one attached hydrogen (secondary N) is 1. The molecule has 0 saturated carbocycles. The zero-order valence-electron chi connectivity index (χ0n) is 13.6. The predicted octanol–water partition coefficient (Wildman–Crippen LogP) is 4.40. The molecule has 1 rings (SSSR count). The third kappa shape index (κ3) is 6.53. The fourth-order valence-corrected chi connectivity index (χ4v) is 3.03. The van der Waals surface area contributed by atoms with Crippen molar-refractivity contribution < 1.29 is 0 Å². The summed E-state index contributed by atoms with van der Waals surface area (Å²) in [5, 5.41) is 7.05. The van der Waals surface area contributed by atoms with Crippen molar-refractivity contribution >= 4 is 11.3 Å². The summed E-state index contributed by atoms with van der Waals surface area (Å²) in [6.07, 6.45) is 2.31. The molecule has 0 aromatic carbocycles. The van der Waals surface area contributed by atoms with E-state index in [2.05, 4.69) is 59.2 Å². The number of hydrogen-bond acceptors (Lipinski definition) is 3. The highest BCUT2D eigenvalue weighted by atomic mass is 32.1. The first-order valence-corrected chi connectivity index (χ1v) is 8.16. The number of thiazole rings is 1. The number of aromatic nitrogens is 1. The van der Waals surface area contributed by atoms with Gasteiger partial charge in [0.1, 0.15) is 0 Å². The second kappa shape index (κ2) is 6.36. The Bertz CT molecular complexity index is 382. The van der Waals surface area contributed by atoms with Crippen molar-refractivity contribution in [3.05, 3.63) is 16.1 Å². The molecule has 0 spiro atoms. The van der Waals surface area contributed by atoms with E-state index >= 15 is 0 Å². The van der Waals surface area contributed by atoms with Gasteiger partial charge in [-0.05, 0) is 39.7 Å². The Kier molecular flexibility index (Phi) is 5.57. The van der Waals surface area contributed by atoms with Crippen molar-refractivity contribution in [2.24, 2.45) is 5.92 Å². The molecule has 1 atom stereocenters. The van der Waals surface area contributed by atoms with Gasteiger partial charge in [0.05, 0.1) is 10.7 Å². The van der Waals surface area contributed by atoms with Crippen LogP contribution in [0.2, 0.25) is 0 Å². The standard InChI is InChI=1S/C16H30N2S/c1-12(8-9-17-16(5,6)7)10-14-18-13(11-19-14)15(2,3)4/h11-12,17H,8-10H2,1-7H3. The van der Waals surface area contributed by atoms with Crippen LogP contribution in [0.1, 0.15) is 65.6 Å². The van der Waals surface area contributed by atoms with Crippen LogP contribution in [0.4, 0.5) is 0 Å². The summed E-state index contributed by atoms with van der Waals surface area (Å²) in [4.78, 5) is 4.78. The topological polar surface area (TPSA) is 24.9 Å². The molecule has 1 aromatic heterocycles. The molecule has 0 radical (unpaired) electrons. The lowest BCUT2D eigenvalue weighted by molar-refractivity contribution is 0.393. The van der Waals surface area contributed by atoms with Crippen molar-refractivity contribution in [1.29, 1.82) is 0 Å². The Labute approximate surface area is 123 Å². The third-order valence-electron chi connectivity index (χ3n) is 3.14. The minimum Gasteiger partial charge on any atom is -0.312 e. The smallest absolute Gasteiger partial charge is 0.0931 e. The average molecular weight is 282 g/mol. The van der Waals surface area contributed by atoms with Crippen LogP contribution in [0, 0.1) is 5.92 Å². The minimum atomic E-state index is 0.172. The van der Waals surface area contributed by atoms with Crippen LogP contribution in [-0.4, -0.2) is 17.1 Å². The summed E-state index contributed by atoms with van der Waals surface area (Å²) in [6, 6.07) is 0. The fraction of sp³-hybridized carbons (Fsp3) is 0.812. The molecule has 0 fully saturated rings. The molecule has 1 aromatic rings. The van der Waals surface area contributed by atoms with Gasteiger partial charge in [0.2, 0.25) is 0 Å². The van der Waals surface area contributed by atoms with E-state index in [9.17, 15) is 0 Å². The van der Waals surface area contributed by atoms with Crippen LogP contribution in [0.25, 0.3) is 0 Å². The molecule has 2 nitrogen and oxygen atoms in total. The summed E-state index contributed by atoms with van der Waals surface area (Å²) >= 11 is 1.81. The predicted molar refractivity (Wildman–Crippen MR) is 86.1 cm³/mol. The largest absolute Gasteiger partial charge is 0.312 e. The summed E-state index contributed by atoms with van der Waals surface area (Å²) in [5.41, 5.74) is 1.62. The summed E-state index contributed by atoms with van der Waals surface area (Å²) in [7, 11) is 0. The van der Waals surface area contributed by atoms with E-state index in [4.69, 9.17) is 4.98 Å². The molecule has 0 saturated heterocycles. The highest BCUT2D eigenvalue weighted by molar-refractivity contribution is 7.09. The van der Waals surface area contributed by atoms with Gasteiger partial charge < -0.3 is 5.32 Å². The molecule has 0 aliphatic carbocycles. The zero-order valence-corrected chi connectivity index (χ0v) is 14.4. The van der Waals surface area contributed by atoms with Gasteiger partial charge in [0, 0.05) is 22.8 Å². The Balaban J connectivity index is 2.40. The van der Waals surface area contributed by atoms with Crippen LogP contribution in [0.15, 0.2) is 5.38 Å². The minimum absolute atomic E-state index is 0.172. The molecule has 0 bridgehead atoms. The highest BCUT2D eigenvalue weighted by Gasteiger charge is 2.18. The average Bonchev–Trinajstić information content (AvgIpc) is 2.63. The molecule has 1 N–H and O–H groups in total. The Morgan fingerprint density at radius 2 is 1.84 bits per heavy atom. The van der Waals surface area contributed by atoms with E-state index in [-0.39, 0.29) is 11.0 Å². The maximum absolute atomic E-state index is 4.78. The Hall–Kier alpha value is -0.410. The Morgan fingerprint density at radius 1 is 1.21 bits per heavy atom. The molecular formula is C16H30N2S. The number of nitrogens with zero attached hydrogens (tertiary/aromatic N) is 1. The van der Waals surface area contributed by atoms with Gasteiger partial charge in [-0.1, -0.05) is 27.7 Å². The monoisotopic (exact) mass is 282 g/mol. The summed E-state index contributed by atoms with van der Waals surface area (Å²) in [5.74, 6) is 0.689. The first kappa shape index (κ1) is 16.6. The molecule has 3 heteroatoms. The summed E-state index contributed by atoms with van der Waals surface area (Å²) in [6.45, 7) is 16.7. The van der Waals surface area contributed by atoms with Gasteiger partial charge >= 0.3 is 0 Å². The molecule has 19 heavy (non-hydrogen) atoms. The lowest BCUT2D eigenvalue weighted by Gasteiger charge is -2.21. The van der Waals surface area contributed by atoms with Gasteiger partial charge in [-0.15, -0.1) is 11.3 Å². The molecular weight excluding hydrogens is 252 g/mol. The van der Waals surface area contributed by atoms with E-state index in [1.807, 2.05) is 11.3 Å². The van der Waals surface area contributed by atoms with Crippen LogP contribution >= 0.6 is 11.3 Å². The highest BCUT2D eigenvalue weighted by Crippen LogP contribution is 2.25. The molecule has 0 aliphatic heterocycles. The maximum Gasteiger partial charge on any atom is 0.0931 e. The first-order chi connectivity index (χ1) is 8.58. The quantitative estimate of drug-likeness (QED) is 0.866. The zero-order chi connectivity index (χ0) is 14.7. The molecule has 110 valence electrons. The van der Waals surface area contributed by atoms with Crippen molar-refractivity contribution in [1.82, 2.24) is 10.3 Å². The van der Waals surface area contributed by atoms with Crippen molar-refractivity contribution in [2.75, 3.05) is 6.54 Å². The van der Waals surface area contributed by atoms with E-state index in [1.165, 1.54) is 17.1 Å². The molecule has 1 heterocycles. The van der Waals surface area contributed by atoms with Gasteiger partial charge in [0.15, 0.2) is 0 Å².